The Balaban J connectivity index is 2.29. The second-order valence-corrected chi connectivity index (χ2v) is 4.97. The van der Waals surface area contributed by atoms with Gasteiger partial charge < -0.3 is 5.11 Å². The Kier molecular flexibility index (Phi) is 3.34. The van der Waals surface area contributed by atoms with Gasteiger partial charge in [0.1, 0.15) is 0 Å². The summed E-state index contributed by atoms with van der Waals surface area (Å²) in [6.07, 6.45) is 3.07. The van der Waals surface area contributed by atoms with Gasteiger partial charge in [-0.1, -0.05) is 6.07 Å². The molecule has 0 fully saturated rings. The van der Waals surface area contributed by atoms with Crippen molar-refractivity contribution in [2.45, 2.75) is 23.9 Å². The molecule has 0 saturated heterocycles. The van der Waals surface area contributed by atoms with E-state index in [2.05, 4.69) is 36.4 Å². The van der Waals surface area contributed by atoms with Crippen LogP contribution >= 0.6 is 11.8 Å². The SMILES string of the molecule is CSc1ccc2c(c1)CC(CO)N(C)C2. The predicted octanol–water partition coefficient (Wildman–Crippen LogP) is 1.76. The summed E-state index contributed by atoms with van der Waals surface area (Å²) in [5.41, 5.74) is 2.80. The lowest BCUT2D eigenvalue weighted by Crippen LogP contribution is -2.39. The van der Waals surface area contributed by atoms with Crippen molar-refractivity contribution >= 4 is 11.8 Å². The van der Waals surface area contributed by atoms with Crippen molar-refractivity contribution in [2.75, 3.05) is 19.9 Å². The van der Waals surface area contributed by atoms with Crippen molar-refractivity contribution < 1.29 is 5.11 Å². The highest BCUT2D eigenvalue weighted by molar-refractivity contribution is 7.98. The molecular weight excluding hydrogens is 206 g/mol. The molecule has 0 amide bonds. The number of likely N-dealkylation sites (N-methyl/N-ethyl adjacent to an activating group) is 1. The van der Waals surface area contributed by atoms with E-state index in [1.54, 1.807) is 11.8 Å². The molecule has 0 aromatic heterocycles. The molecular formula is C12H17NOS. The van der Waals surface area contributed by atoms with Crippen molar-refractivity contribution in [1.82, 2.24) is 4.90 Å². The summed E-state index contributed by atoms with van der Waals surface area (Å²) < 4.78 is 0. The van der Waals surface area contributed by atoms with Crippen LogP contribution in [-0.2, 0) is 13.0 Å². The second kappa shape index (κ2) is 4.56. The van der Waals surface area contributed by atoms with E-state index in [9.17, 15) is 5.11 Å². The molecule has 1 unspecified atom stereocenters. The van der Waals surface area contributed by atoms with Gasteiger partial charge in [0.2, 0.25) is 0 Å². The van der Waals surface area contributed by atoms with Gasteiger partial charge in [0.15, 0.2) is 0 Å². The van der Waals surface area contributed by atoms with Gasteiger partial charge in [-0.05, 0) is 43.0 Å². The molecule has 15 heavy (non-hydrogen) atoms. The monoisotopic (exact) mass is 223 g/mol. The zero-order valence-electron chi connectivity index (χ0n) is 9.23. The molecule has 1 aromatic rings. The van der Waals surface area contributed by atoms with Crippen LogP contribution < -0.4 is 0 Å². The van der Waals surface area contributed by atoms with Crippen LogP contribution in [0.1, 0.15) is 11.1 Å². The van der Waals surface area contributed by atoms with Crippen molar-refractivity contribution in [1.29, 1.82) is 0 Å². The molecule has 3 heteroatoms. The van der Waals surface area contributed by atoms with Crippen LogP contribution in [0.2, 0.25) is 0 Å². The molecule has 1 N–H and O–H groups in total. The lowest BCUT2D eigenvalue weighted by molar-refractivity contribution is 0.131. The standard InChI is InChI=1S/C12H17NOS/c1-13-7-9-3-4-12(15-2)6-10(9)5-11(13)8-14/h3-4,6,11,14H,5,7-8H2,1-2H3. The maximum atomic E-state index is 9.27. The van der Waals surface area contributed by atoms with Crippen LogP contribution in [-0.4, -0.2) is 36.0 Å². The number of aliphatic hydroxyl groups is 1. The number of fused-ring (bicyclic) bond motifs is 1. The summed E-state index contributed by atoms with van der Waals surface area (Å²) >= 11 is 1.78. The van der Waals surface area contributed by atoms with Gasteiger partial charge in [-0.15, -0.1) is 11.8 Å². The Morgan fingerprint density at radius 2 is 2.27 bits per heavy atom. The Morgan fingerprint density at radius 1 is 1.47 bits per heavy atom. The maximum Gasteiger partial charge on any atom is 0.0590 e. The Morgan fingerprint density at radius 3 is 2.93 bits per heavy atom. The molecule has 0 bridgehead atoms. The third-order valence-electron chi connectivity index (χ3n) is 3.12. The van der Waals surface area contributed by atoms with Crippen LogP contribution in [0.5, 0.6) is 0 Å². The molecule has 82 valence electrons. The van der Waals surface area contributed by atoms with Gasteiger partial charge in [-0.3, -0.25) is 4.90 Å². The van der Waals surface area contributed by atoms with Crippen LogP contribution in [0.3, 0.4) is 0 Å². The molecule has 1 heterocycles. The fourth-order valence-electron chi connectivity index (χ4n) is 2.08. The first kappa shape index (κ1) is 11.0. The van der Waals surface area contributed by atoms with E-state index in [4.69, 9.17) is 0 Å². The number of hydrogen-bond donors (Lipinski definition) is 1. The Labute approximate surface area is 95.3 Å². The minimum atomic E-state index is 0.249. The zero-order valence-corrected chi connectivity index (χ0v) is 10.0. The highest BCUT2D eigenvalue weighted by Crippen LogP contribution is 2.26. The molecule has 1 aromatic carbocycles. The van der Waals surface area contributed by atoms with E-state index in [-0.39, 0.29) is 12.6 Å². The molecule has 0 aliphatic carbocycles. The van der Waals surface area contributed by atoms with Crippen LogP contribution in [0.4, 0.5) is 0 Å². The third kappa shape index (κ3) is 2.19. The number of aliphatic hydroxyl groups excluding tert-OH is 1. The first-order valence-corrected chi connectivity index (χ1v) is 6.44. The third-order valence-corrected chi connectivity index (χ3v) is 3.85. The van der Waals surface area contributed by atoms with E-state index in [0.29, 0.717) is 0 Å². The van der Waals surface area contributed by atoms with E-state index < -0.39 is 0 Å². The van der Waals surface area contributed by atoms with Gasteiger partial charge in [-0.25, -0.2) is 0 Å². The lowest BCUT2D eigenvalue weighted by Gasteiger charge is -2.33. The Bertz CT molecular complexity index is 353. The smallest absolute Gasteiger partial charge is 0.0590 e. The summed E-state index contributed by atoms with van der Waals surface area (Å²) in [7, 11) is 2.08. The van der Waals surface area contributed by atoms with E-state index in [0.717, 1.165) is 13.0 Å². The normalized spacial score (nSPS) is 21.4. The molecule has 1 aliphatic rings. The zero-order chi connectivity index (χ0) is 10.8. The summed E-state index contributed by atoms with van der Waals surface area (Å²) in [4.78, 5) is 3.54. The molecule has 0 radical (unpaired) electrons. The average Bonchev–Trinajstić information content (AvgIpc) is 2.27. The minimum Gasteiger partial charge on any atom is -0.395 e. The van der Waals surface area contributed by atoms with Crippen LogP contribution in [0.25, 0.3) is 0 Å². The highest BCUT2D eigenvalue weighted by Gasteiger charge is 2.22. The summed E-state index contributed by atoms with van der Waals surface area (Å²) in [6.45, 7) is 1.20. The van der Waals surface area contributed by atoms with Crippen molar-refractivity contribution in [3.05, 3.63) is 29.3 Å². The highest BCUT2D eigenvalue weighted by atomic mass is 32.2. The van der Waals surface area contributed by atoms with Gasteiger partial charge in [0.25, 0.3) is 0 Å². The summed E-state index contributed by atoms with van der Waals surface area (Å²) in [5, 5.41) is 9.27. The van der Waals surface area contributed by atoms with Crippen molar-refractivity contribution in [3.63, 3.8) is 0 Å². The number of benzene rings is 1. The quantitative estimate of drug-likeness (QED) is 0.773. The summed E-state index contributed by atoms with van der Waals surface area (Å²) in [6, 6.07) is 6.94. The van der Waals surface area contributed by atoms with E-state index >= 15 is 0 Å². The van der Waals surface area contributed by atoms with Crippen LogP contribution in [0, 0.1) is 0 Å². The van der Waals surface area contributed by atoms with E-state index in [1.807, 2.05) is 0 Å². The second-order valence-electron chi connectivity index (χ2n) is 4.09. The van der Waals surface area contributed by atoms with E-state index in [1.165, 1.54) is 16.0 Å². The molecule has 0 saturated carbocycles. The largest absolute Gasteiger partial charge is 0.395 e. The van der Waals surface area contributed by atoms with Gasteiger partial charge in [0.05, 0.1) is 6.61 Å². The number of thioether (sulfide) groups is 1. The molecule has 1 aliphatic heterocycles. The number of rotatable bonds is 2. The topological polar surface area (TPSA) is 23.5 Å². The van der Waals surface area contributed by atoms with Gasteiger partial charge >= 0.3 is 0 Å². The van der Waals surface area contributed by atoms with Crippen molar-refractivity contribution in [2.24, 2.45) is 0 Å². The van der Waals surface area contributed by atoms with Gasteiger partial charge in [0, 0.05) is 17.5 Å². The number of hydrogen-bond acceptors (Lipinski definition) is 3. The maximum absolute atomic E-state index is 9.27. The first-order valence-electron chi connectivity index (χ1n) is 5.21. The van der Waals surface area contributed by atoms with Crippen LogP contribution in [0.15, 0.2) is 23.1 Å². The fourth-order valence-corrected chi connectivity index (χ4v) is 2.55. The molecule has 0 spiro atoms. The minimum absolute atomic E-state index is 0.249. The predicted molar refractivity (Wildman–Crippen MR) is 64.3 cm³/mol. The number of nitrogens with zero attached hydrogens (tertiary/aromatic N) is 1. The average molecular weight is 223 g/mol. The summed E-state index contributed by atoms with van der Waals surface area (Å²) in [5.74, 6) is 0. The molecule has 2 rings (SSSR count). The fraction of sp³-hybridized carbons (Fsp3) is 0.500. The Hall–Kier alpha value is -0.510. The molecule has 2 nitrogen and oxygen atoms in total. The van der Waals surface area contributed by atoms with Gasteiger partial charge in [-0.2, -0.15) is 0 Å². The first-order chi connectivity index (χ1) is 7.24. The molecule has 1 atom stereocenters. The lowest BCUT2D eigenvalue weighted by atomic mass is 9.95. The van der Waals surface area contributed by atoms with Crippen molar-refractivity contribution in [3.8, 4) is 0 Å².